The van der Waals surface area contributed by atoms with Crippen LogP contribution in [0.5, 0.6) is 0 Å². The number of ketones is 1. The van der Waals surface area contributed by atoms with Crippen molar-refractivity contribution in [2.45, 2.75) is 51.3 Å². The van der Waals surface area contributed by atoms with Gasteiger partial charge >= 0.3 is 12.1 Å². The fourth-order valence-corrected chi connectivity index (χ4v) is 1.78. The van der Waals surface area contributed by atoms with Crippen LogP contribution in [0, 0.1) is 0 Å². The molecule has 1 aliphatic heterocycles. The SMILES string of the molecule is C[C@@H]1CC(=O)/C(=C(\O)CCCCC(F)(F)F)C(=O)O1. The predicted octanol–water partition coefficient (Wildman–Crippen LogP) is 2.83. The molecule has 0 spiro atoms. The van der Waals surface area contributed by atoms with Crippen molar-refractivity contribution in [2.24, 2.45) is 0 Å². The zero-order valence-electron chi connectivity index (χ0n) is 10.4. The number of aliphatic hydroxyl groups is 1. The van der Waals surface area contributed by atoms with E-state index in [-0.39, 0.29) is 25.7 Å². The molecule has 1 fully saturated rings. The maximum absolute atomic E-state index is 11.9. The molecule has 108 valence electrons. The van der Waals surface area contributed by atoms with Gasteiger partial charge in [-0.1, -0.05) is 0 Å². The van der Waals surface area contributed by atoms with Crippen LogP contribution in [0.15, 0.2) is 11.3 Å². The summed E-state index contributed by atoms with van der Waals surface area (Å²) < 4.78 is 40.5. The molecule has 19 heavy (non-hydrogen) atoms. The van der Waals surface area contributed by atoms with Gasteiger partial charge in [0.2, 0.25) is 0 Å². The molecule has 7 heteroatoms. The Morgan fingerprint density at radius 3 is 2.53 bits per heavy atom. The van der Waals surface area contributed by atoms with Gasteiger partial charge in [0, 0.05) is 19.3 Å². The molecule has 1 aliphatic rings. The van der Waals surface area contributed by atoms with E-state index >= 15 is 0 Å². The van der Waals surface area contributed by atoms with E-state index in [1.807, 2.05) is 0 Å². The van der Waals surface area contributed by atoms with Gasteiger partial charge in [-0.2, -0.15) is 13.2 Å². The van der Waals surface area contributed by atoms with Gasteiger partial charge in [-0.3, -0.25) is 4.79 Å². The zero-order chi connectivity index (χ0) is 14.6. The average Bonchev–Trinajstić information content (AvgIpc) is 2.21. The standard InChI is InChI=1S/C12H15F3O4/c1-7-6-9(17)10(11(18)19-7)8(16)4-2-3-5-12(13,14)15/h7,16H,2-6H2,1H3/b10-8+/t7-/m1/s1. The molecular weight excluding hydrogens is 265 g/mol. The van der Waals surface area contributed by atoms with Crippen molar-refractivity contribution >= 4 is 11.8 Å². The first-order chi connectivity index (χ1) is 8.70. The number of cyclic esters (lactones) is 1. The van der Waals surface area contributed by atoms with Crippen LogP contribution in [0.1, 0.15) is 39.0 Å². The number of alkyl halides is 3. The summed E-state index contributed by atoms with van der Waals surface area (Å²) in [7, 11) is 0. The molecule has 0 aromatic carbocycles. The number of carbonyl (C=O) groups is 2. The first kappa shape index (κ1) is 15.5. The van der Waals surface area contributed by atoms with Crippen molar-refractivity contribution in [3.63, 3.8) is 0 Å². The van der Waals surface area contributed by atoms with Crippen LogP contribution in [-0.4, -0.2) is 29.1 Å². The van der Waals surface area contributed by atoms with E-state index < -0.39 is 41.8 Å². The van der Waals surface area contributed by atoms with Crippen LogP contribution < -0.4 is 0 Å². The minimum absolute atomic E-state index is 0.0202. The van der Waals surface area contributed by atoms with E-state index in [4.69, 9.17) is 4.74 Å². The summed E-state index contributed by atoms with van der Waals surface area (Å²) in [4.78, 5) is 23.0. The summed E-state index contributed by atoms with van der Waals surface area (Å²) in [6.07, 6.45) is -6.01. The van der Waals surface area contributed by atoms with Crippen molar-refractivity contribution in [3.05, 3.63) is 11.3 Å². The van der Waals surface area contributed by atoms with Gasteiger partial charge in [-0.15, -0.1) is 0 Å². The molecular formula is C12H15F3O4. The van der Waals surface area contributed by atoms with E-state index in [0.29, 0.717) is 0 Å². The van der Waals surface area contributed by atoms with Crippen LogP contribution in [0.2, 0.25) is 0 Å². The van der Waals surface area contributed by atoms with E-state index in [0.717, 1.165) is 0 Å². The molecule has 4 nitrogen and oxygen atoms in total. The first-order valence-corrected chi connectivity index (χ1v) is 5.93. The number of esters is 1. The summed E-state index contributed by atoms with van der Waals surface area (Å²) in [6.45, 7) is 1.55. The second kappa shape index (κ2) is 6.08. The summed E-state index contributed by atoms with van der Waals surface area (Å²) in [5, 5.41) is 9.61. The zero-order valence-corrected chi connectivity index (χ0v) is 10.4. The number of rotatable bonds is 4. The Bertz CT molecular complexity index is 378. The van der Waals surface area contributed by atoms with Gasteiger partial charge in [-0.25, -0.2) is 4.79 Å². The Hall–Kier alpha value is -1.53. The van der Waals surface area contributed by atoms with Gasteiger partial charge < -0.3 is 9.84 Å². The number of aliphatic hydroxyl groups excluding tert-OH is 1. The van der Waals surface area contributed by atoms with Crippen molar-refractivity contribution < 1.29 is 32.6 Å². The summed E-state index contributed by atoms with van der Waals surface area (Å²) in [5.74, 6) is -1.92. The number of hydrogen-bond acceptors (Lipinski definition) is 4. The lowest BCUT2D eigenvalue weighted by molar-refractivity contribution is -0.150. The number of hydrogen-bond donors (Lipinski definition) is 1. The molecule has 0 aromatic heterocycles. The smallest absolute Gasteiger partial charge is 0.389 e. The van der Waals surface area contributed by atoms with Crippen LogP contribution in [0.4, 0.5) is 13.2 Å². The summed E-state index contributed by atoms with van der Waals surface area (Å²) in [5.41, 5.74) is -0.426. The molecule has 0 saturated carbocycles. The van der Waals surface area contributed by atoms with Gasteiger partial charge in [0.15, 0.2) is 5.78 Å². The number of Topliss-reactive ketones (excluding diaryl/α,β-unsaturated/α-hetero) is 1. The van der Waals surface area contributed by atoms with Crippen LogP contribution >= 0.6 is 0 Å². The molecule has 1 heterocycles. The molecule has 1 atom stereocenters. The highest BCUT2D eigenvalue weighted by Gasteiger charge is 2.32. The van der Waals surface area contributed by atoms with Gasteiger partial charge in [-0.05, 0) is 19.8 Å². The van der Waals surface area contributed by atoms with Crippen molar-refractivity contribution in [3.8, 4) is 0 Å². The molecule has 0 unspecified atom stereocenters. The third-order valence-corrected chi connectivity index (χ3v) is 2.68. The quantitative estimate of drug-likeness (QED) is 0.283. The third kappa shape index (κ3) is 4.92. The lowest BCUT2D eigenvalue weighted by Gasteiger charge is -2.20. The highest BCUT2D eigenvalue weighted by molar-refractivity contribution is 6.19. The number of carbonyl (C=O) groups excluding carboxylic acids is 2. The predicted molar refractivity (Wildman–Crippen MR) is 59.4 cm³/mol. The minimum atomic E-state index is -4.24. The van der Waals surface area contributed by atoms with Gasteiger partial charge in [0.05, 0.1) is 0 Å². The summed E-state index contributed by atoms with van der Waals surface area (Å²) in [6, 6.07) is 0. The molecule has 0 aromatic rings. The highest BCUT2D eigenvalue weighted by atomic mass is 19.4. The number of halogens is 3. The highest BCUT2D eigenvalue weighted by Crippen LogP contribution is 2.25. The lowest BCUT2D eigenvalue weighted by atomic mass is 9.99. The molecule has 1 saturated heterocycles. The van der Waals surface area contributed by atoms with Gasteiger partial charge in [0.25, 0.3) is 0 Å². The molecule has 0 radical (unpaired) electrons. The average molecular weight is 280 g/mol. The maximum atomic E-state index is 11.9. The minimum Gasteiger partial charge on any atom is -0.511 e. The molecule has 0 bridgehead atoms. The third-order valence-electron chi connectivity index (χ3n) is 2.68. The Labute approximate surface area is 108 Å². The topological polar surface area (TPSA) is 63.6 Å². The molecule has 1 rings (SSSR count). The molecule has 1 N–H and O–H groups in total. The van der Waals surface area contributed by atoms with Gasteiger partial charge in [0.1, 0.15) is 17.4 Å². The van der Waals surface area contributed by atoms with Crippen LogP contribution in [0.25, 0.3) is 0 Å². The Kier molecular flexibility index (Phi) is 4.97. The normalized spacial score (nSPS) is 23.3. The largest absolute Gasteiger partial charge is 0.511 e. The van der Waals surface area contributed by atoms with Crippen molar-refractivity contribution in [1.29, 1.82) is 0 Å². The number of unbranched alkanes of at least 4 members (excludes halogenated alkanes) is 1. The van der Waals surface area contributed by atoms with Crippen molar-refractivity contribution in [1.82, 2.24) is 0 Å². The monoisotopic (exact) mass is 280 g/mol. The maximum Gasteiger partial charge on any atom is 0.389 e. The Balaban J connectivity index is 2.55. The van der Waals surface area contributed by atoms with Crippen LogP contribution in [0.3, 0.4) is 0 Å². The lowest BCUT2D eigenvalue weighted by Crippen LogP contribution is -2.31. The fraction of sp³-hybridized carbons (Fsp3) is 0.667. The van der Waals surface area contributed by atoms with E-state index in [2.05, 4.69) is 0 Å². The van der Waals surface area contributed by atoms with E-state index in [1.54, 1.807) is 6.92 Å². The van der Waals surface area contributed by atoms with E-state index in [9.17, 15) is 27.9 Å². The summed E-state index contributed by atoms with van der Waals surface area (Å²) >= 11 is 0. The molecule has 0 amide bonds. The Morgan fingerprint density at radius 2 is 2.00 bits per heavy atom. The molecule has 0 aliphatic carbocycles. The second-order valence-electron chi connectivity index (χ2n) is 4.49. The number of allylic oxidation sites excluding steroid dienone is 1. The number of ether oxygens (including phenoxy) is 1. The fourth-order valence-electron chi connectivity index (χ4n) is 1.78. The Morgan fingerprint density at radius 1 is 1.37 bits per heavy atom. The second-order valence-corrected chi connectivity index (χ2v) is 4.49. The first-order valence-electron chi connectivity index (χ1n) is 5.93. The van der Waals surface area contributed by atoms with E-state index in [1.165, 1.54) is 0 Å². The van der Waals surface area contributed by atoms with Crippen molar-refractivity contribution in [2.75, 3.05) is 0 Å². The van der Waals surface area contributed by atoms with Crippen LogP contribution in [-0.2, 0) is 14.3 Å².